The van der Waals surface area contributed by atoms with Gasteiger partial charge in [0.1, 0.15) is 17.9 Å². The highest BCUT2D eigenvalue weighted by molar-refractivity contribution is 5.80. The number of rotatable bonds is 3. The highest BCUT2D eigenvalue weighted by atomic mass is 16.5. The molecule has 0 aliphatic heterocycles. The van der Waals surface area contributed by atoms with Gasteiger partial charge in [0.2, 0.25) is 0 Å². The fourth-order valence-corrected chi connectivity index (χ4v) is 1.40. The SMILES string of the molecule is NCCOc1cccc2[nH]c(=O)c(=O)[nH]c12. The molecule has 0 aliphatic rings. The van der Waals surface area contributed by atoms with Gasteiger partial charge in [0.15, 0.2) is 0 Å². The van der Waals surface area contributed by atoms with Crippen LogP contribution in [0.1, 0.15) is 0 Å². The first-order valence-corrected chi connectivity index (χ1v) is 4.80. The molecule has 2 rings (SSSR count). The zero-order valence-electron chi connectivity index (χ0n) is 8.45. The van der Waals surface area contributed by atoms with Gasteiger partial charge in [0.05, 0.1) is 5.52 Å². The lowest BCUT2D eigenvalue weighted by atomic mass is 10.3. The average molecular weight is 221 g/mol. The van der Waals surface area contributed by atoms with Crippen LogP contribution in [0.25, 0.3) is 11.0 Å². The van der Waals surface area contributed by atoms with Crippen LogP contribution in [0.2, 0.25) is 0 Å². The molecule has 0 saturated carbocycles. The van der Waals surface area contributed by atoms with E-state index in [1.54, 1.807) is 18.2 Å². The Hall–Kier alpha value is -2.08. The van der Waals surface area contributed by atoms with Crippen LogP contribution in [0.3, 0.4) is 0 Å². The van der Waals surface area contributed by atoms with Gasteiger partial charge in [-0.3, -0.25) is 9.59 Å². The minimum Gasteiger partial charge on any atom is -0.490 e. The number of nitrogens with two attached hydrogens (primary N) is 1. The maximum absolute atomic E-state index is 11.2. The lowest BCUT2D eigenvalue weighted by molar-refractivity contribution is 0.331. The quantitative estimate of drug-likeness (QED) is 0.611. The molecule has 0 unspecified atom stereocenters. The number of aromatic nitrogens is 2. The topological polar surface area (TPSA) is 101 Å². The minimum atomic E-state index is -0.698. The van der Waals surface area contributed by atoms with Crippen molar-refractivity contribution in [2.75, 3.05) is 13.2 Å². The maximum atomic E-state index is 11.2. The van der Waals surface area contributed by atoms with Crippen LogP contribution in [0.4, 0.5) is 0 Å². The molecular weight excluding hydrogens is 210 g/mol. The summed E-state index contributed by atoms with van der Waals surface area (Å²) in [5.41, 5.74) is 4.94. The number of para-hydroxylation sites is 1. The number of ether oxygens (including phenoxy) is 1. The predicted molar refractivity (Wildman–Crippen MR) is 59.7 cm³/mol. The van der Waals surface area contributed by atoms with Crippen molar-refractivity contribution in [3.05, 3.63) is 38.9 Å². The van der Waals surface area contributed by atoms with Gasteiger partial charge < -0.3 is 20.4 Å². The van der Waals surface area contributed by atoms with Crippen molar-refractivity contribution in [2.24, 2.45) is 5.73 Å². The second kappa shape index (κ2) is 4.19. The molecule has 0 atom stereocenters. The van der Waals surface area contributed by atoms with E-state index in [2.05, 4.69) is 9.97 Å². The van der Waals surface area contributed by atoms with Crippen molar-refractivity contribution in [1.82, 2.24) is 9.97 Å². The highest BCUT2D eigenvalue weighted by Gasteiger charge is 2.04. The lowest BCUT2D eigenvalue weighted by Crippen LogP contribution is -2.29. The van der Waals surface area contributed by atoms with E-state index in [1.165, 1.54) is 0 Å². The van der Waals surface area contributed by atoms with Gasteiger partial charge in [0.25, 0.3) is 0 Å². The Labute approximate surface area is 90.1 Å². The van der Waals surface area contributed by atoms with E-state index in [4.69, 9.17) is 10.5 Å². The molecule has 0 spiro atoms. The number of H-pyrrole nitrogens is 2. The summed E-state index contributed by atoms with van der Waals surface area (Å²) in [6.07, 6.45) is 0. The first-order chi connectivity index (χ1) is 7.72. The van der Waals surface area contributed by atoms with Crippen molar-refractivity contribution < 1.29 is 4.74 Å². The molecule has 0 amide bonds. The number of aromatic amines is 2. The van der Waals surface area contributed by atoms with Gasteiger partial charge in [-0.1, -0.05) is 6.07 Å². The van der Waals surface area contributed by atoms with Gasteiger partial charge in [-0.15, -0.1) is 0 Å². The number of hydrogen-bond donors (Lipinski definition) is 3. The molecule has 0 bridgehead atoms. The monoisotopic (exact) mass is 221 g/mol. The van der Waals surface area contributed by atoms with Crippen molar-refractivity contribution in [3.8, 4) is 5.75 Å². The Kier molecular flexibility index (Phi) is 2.74. The molecule has 0 aliphatic carbocycles. The zero-order chi connectivity index (χ0) is 11.5. The number of nitrogens with one attached hydrogen (secondary N) is 2. The second-order valence-electron chi connectivity index (χ2n) is 3.22. The van der Waals surface area contributed by atoms with E-state index in [1.807, 2.05) is 0 Å². The minimum absolute atomic E-state index is 0.347. The molecule has 0 saturated heterocycles. The Bertz CT molecular complexity index is 614. The third-order valence-corrected chi connectivity index (χ3v) is 2.09. The van der Waals surface area contributed by atoms with Crippen LogP contribution in [0, 0.1) is 0 Å². The van der Waals surface area contributed by atoms with Gasteiger partial charge in [0, 0.05) is 6.54 Å². The van der Waals surface area contributed by atoms with E-state index in [-0.39, 0.29) is 0 Å². The fraction of sp³-hybridized carbons (Fsp3) is 0.200. The van der Waals surface area contributed by atoms with Gasteiger partial charge in [-0.2, -0.15) is 0 Å². The predicted octanol–water partition coefficient (Wildman–Crippen LogP) is -0.446. The summed E-state index contributed by atoms with van der Waals surface area (Å²) in [7, 11) is 0. The molecule has 0 fully saturated rings. The molecule has 1 heterocycles. The first-order valence-electron chi connectivity index (χ1n) is 4.80. The standard InChI is InChI=1S/C10H11N3O3/c11-4-5-16-7-3-1-2-6-8(7)13-10(15)9(14)12-6/h1-3H,4-5,11H2,(H,12,14)(H,13,15). The maximum Gasteiger partial charge on any atom is 0.314 e. The van der Waals surface area contributed by atoms with Crippen molar-refractivity contribution >= 4 is 11.0 Å². The largest absolute Gasteiger partial charge is 0.490 e. The summed E-state index contributed by atoms with van der Waals surface area (Å²) in [6.45, 7) is 0.726. The third-order valence-electron chi connectivity index (χ3n) is 2.09. The molecule has 4 N–H and O–H groups in total. The van der Waals surface area contributed by atoms with E-state index < -0.39 is 11.1 Å². The average Bonchev–Trinajstić information content (AvgIpc) is 2.28. The van der Waals surface area contributed by atoms with E-state index in [0.29, 0.717) is 29.9 Å². The summed E-state index contributed by atoms with van der Waals surface area (Å²) >= 11 is 0. The molecule has 1 aromatic carbocycles. The molecule has 1 aromatic heterocycles. The van der Waals surface area contributed by atoms with Crippen LogP contribution < -0.4 is 21.6 Å². The summed E-state index contributed by atoms with van der Waals surface area (Å²) in [5.74, 6) is 0.497. The zero-order valence-corrected chi connectivity index (χ0v) is 8.45. The molecule has 16 heavy (non-hydrogen) atoms. The molecule has 84 valence electrons. The van der Waals surface area contributed by atoms with Gasteiger partial charge >= 0.3 is 11.1 Å². The number of benzene rings is 1. The summed E-state index contributed by atoms with van der Waals surface area (Å²) in [4.78, 5) is 27.2. The van der Waals surface area contributed by atoms with E-state index >= 15 is 0 Å². The van der Waals surface area contributed by atoms with Crippen molar-refractivity contribution in [1.29, 1.82) is 0 Å². The molecular formula is C10H11N3O3. The second-order valence-corrected chi connectivity index (χ2v) is 3.22. The van der Waals surface area contributed by atoms with Gasteiger partial charge in [-0.25, -0.2) is 0 Å². The molecule has 6 nitrogen and oxygen atoms in total. The smallest absolute Gasteiger partial charge is 0.314 e. The molecule has 0 radical (unpaired) electrons. The Morgan fingerprint density at radius 1 is 1.19 bits per heavy atom. The summed E-state index contributed by atoms with van der Waals surface area (Å²) < 4.78 is 5.35. The Morgan fingerprint density at radius 3 is 2.69 bits per heavy atom. The third kappa shape index (κ3) is 1.82. The lowest BCUT2D eigenvalue weighted by Gasteiger charge is -2.06. The first kappa shape index (κ1) is 10.4. The van der Waals surface area contributed by atoms with E-state index in [9.17, 15) is 9.59 Å². The summed E-state index contributed by atoms with van der Waals surface area (Å²) in [5, 5.41) is 0. The Morgan fingerprint density at radius 2 is 1.94 bits per heavy atom. The number of fused-ring (bicyclic) bond motifs is 1. The summed E-state index contributed by atoms with van der Waals surface area (Å²) in [6, 6.07) is 5.11. The fourth-order valence-electron chi connectivity index (χ4n) is 1.40. The van der Waals surface area contributed by atoms with Crippen molar-refractivity contribution in [3.63, 3.8) is 0 Å². The van der Waals surface area contributed by atoms with E-state index in [0.717, 1.165) is 0 Å². The number of hydrogen-bond acceptors (Lipinski definition) is 4. The van der Waals surface area contributed by atoms with Crippen LogP contribution >= 0.6 is 0 Å². The van der Waals surface area contributed by atoms with Gasteiger partial charge in [-0.05, 0) is 12.1 Å². The normalized spacial score (nSPS) is 10.6. The van der Waals surface area contributed by atoms with Crippen LogP contribution in [0.5, 0.6) is 5.75 Å². The molecule has 6 heteroatoms. The van der Waals surface area contributed by atoms with Crippen LogP contribution in [-0.2, 0) is 0 Å². The van der Waals surface area contributed by atoms with Crippen LogP contribution in [-0.4, -0.2) is 23.1 Å². The Balaban J connectivity index is 2.62. The van der Waals surface area contributed by atoms with Crippen LogP contribution in [0.15, 0.2) is 27.8 Å². The molecule has 2 aromatic rings. The van der Waals surface area contributed by atoms with Crippen molar-refractivity contribution in [2.45, 2.75) is 0 Å². The highest BCUT2D eigenvalue weighted by Crippen LogP contribution is 2.19.